The minimum absolute atomic E-state index is 0.0719. The molecule has 0 heterocycles. The Morgan fingerprint density at radius 1 is 1.28 bits per heavy atom. The van der Waals surface area contributed by atoms with E-state index in [1.54, 1.807) is 0 Å². The SMILES string of the molecule is CN(C)C(C)(C)CNC(CC#N)c1ccccc1. The molecule has 1 atom stereocenters. The fourth-order valence-corrected chi connectivity index (χ4v) is 1.62. The monoisotopic (exact) mass is 245 g/mol. The lowest BCUT2D eigenvalue weighted by Gasteiger charge is -2.34. The van der Waals surface area contributed by atoms with Crippen molar-refractivity contribution in [2.45, 2.75) is 31.8 Å². The van der Waals surface area contributed by atoms with Crippen LogP contribution in [0.3, 0.4) is 0 Å². The van der Waals surface area contributed by atoms with Crippen LogP contribution in [0.4, 0.5) is 0 Å². The second-order valence-corrected chi connectivity index (χ2v) is 5.41. The number of nitriles is 1. The summed E-state index contributed by atoms with van der Waals surface area (Å²) in [6.45, 7) is 5.23. The molecule has 0 saturated heterocycles. The Labute approximate surface area is 110 Å². The first kappa shape index (κ1) is 14.7. The standard InChI is InChI=1S/C15H23N3/c1-15(2,18(3)4)12-17-14(10-11-16)13-8-6-5-7-9-13/h5-9,14,17H,10,12H2,1-4H3. The summed E-state index contributed by atoms with van der Waals surface area (Å²) < 4.78 is 0. The van der Waals surface area contributed by atoms with Gasteiger partial charge in [0.05, 0.1) is 12.5 Å². The summed E-state index contributed by atoms with van der Waals surface area (Å²) in [5.41, 5.74) is 1.25. The molecule has 18 heavy (non-hydrogen) atoms. The number of likely N-dealkylation sites (N-methyl/N-ethyl adjacent to an activating group) is 1. The van der Waals surface area contributed by atoms with Crippen LogP contribution in [-0.2, 0) is 0 Å². The highest BCUT2D eigenvalue weighted by Crippen LogP contribution is 2.18. The second kappa shape index (κ2) is 6.53. The van der Waals surface area contributed by atoms with E-state index >= 15 is 0 Å². The molecule has 1 unspecified atom stereocenters. The van der Waals surface area contributed by atoms with Gasteiger partial charge in [-0.3, -0.25) is 0 Å². The molecular formula is C15H23N3. The summed E-state index contributed by atoms with van der Waals surface area (Å²) in [4.78, 5) is 2.19. The van der Waals surface area contributed by atoms with Crippen molar-refractivity contribution in [3.63, 3.8) is 0 Å². The molecule has 1 aromatic carbocycles. The zero-order valence-electron chi connectivity index (χ0n) is 11.8. The Bertz CT molecular complexity index is 390. The van der Waals surface area contributed by atoms with Crippen molar-refractivity contribution in [2.75, 3.05) is 20.6 Å². The molecule has 1 N–H and O–H groups in total. The van der Waals surface area contributed by atoms with Gasteiger partial charge in [-0.15, -0.1) is 0 Å². The first-order chi connectivity index (χ1) is 8.47. The molecule has 1 aromatic rings. The van der Waals surface area contributed by atoms with Crippen LogP contribution in [0.25, 0.3) is 0 Å². The zero-order valence-corrected chi connectivity index (χ0v) is 11.8. The van der Waals surface area contributed by atoms with Crippen molar-refractivity contribution in [1.29, 1.82) is 5.26 Å². The highest BCUT2D eigenvalue weighted by Gasteiger charge is 2.22. The number of nitrogens with zero attached hydrogens (tertiary/aromatic N) is 2. The van der Waals surface area contributed by atoms with Gasteiger partial charge in [0.15, 0.2) is 0 Å². The quantitative estimate of drug-likeness (QED) is 0.837. The Balaban J connectivity index is 2.69. The summed E-state index contributed by atoms with van der Waals surface area (Å²) in [5.74, 6) is 0. The highest BCUT2D eigenvalue weighted by molar-refractivity contribution is 5.20. The van der Waals surface area contributed by atoms with Crippen LogP contribution < -0.4 is 5.32 Å². The van der Waals surface area contributed by atoms with Gasteiger partial charge >= 0.3 is 0 Å². The highest BCUT2D eigenvalue weighted by atomic mass is 15.2. The molecule has 98 valence electrons. The summed E-state index contributed by atoms with van der Waals surface area (Å²) in [6.07, 6.45) is 0.494. The topological polar surface area (TPSA) is 39.1 Å². The van der Waals surface area contributed by atoms with E-state index in [9.17, 15) is 0 Å². The average Bonchev–Trinajstić information content (AvgIpc) is 2.35. The van der Waals surface area contributed by atoms with Gasteiger partial charge in [0.1, 0.15) is 0 Å². The van der Waals surface area contributed by atoms with Gasteiger partial charge in [-0.2, -0.15) is 5.26 Å². The molecule has 0 aliphatic heterocycles. The summed E-state index contributed by atoms with van der Waals surface area (Å²) >= 11 is 0. The van der Waals surface area contributed by atoms with E-state index in [4.69, 9.17) is 5.26 Å². The normalized spacial score (nSPS) is 13.3. The Morgan fingerprint density at radius 3 is 2.39 bits per heavy atom. The van der Waals surface area contributed by atoms with Gasteiger partial charge in [-0.1, -0.05) is 30.3 Å². The van der Waals surface area contributed by atoms with Gasteiger partial charge in [0.2, 0.25) is 0 Å². The molecule has 0 spiro atoms. The van der Waals surface area contributed by atoms with Crippen LogP contribution in [0.5, 0.6) is 0 Å². The zero-order chi connectivity index (χ0) is 13.6. The van der Waals surface area contributed by atoms with Crippen molar-refractivity contribution < 1.29 is 0 Å². The minimum atomic E-state index is 0.0719. The van der Waals surface area contributed by atoms with E-state index in [-0.39, 0.29) is 11.6 Å². The average molecular weight is 245 g/mol. The fraction of sp³-hybridized carbons (Fsp3) is 0.533. The molecule has 0 amide bonds. The predicted molar refractivity (Wildman–Crippen MR) is 75.2 cm³/mol. The Kier molecular flexibility index (Phi) is 5.33. The Hall–Kier alpha value is -1.37. The molecule has 1 rings (SSSR count). The molecule has 0 saturated carbocycles. The van der Waals surface area contributed by atoms with E-state index in [1.807, 2.05) is 18.2 Å². The van der Waals surface area contributed by atoms with E-state index in [2.05, 4.69) is 56.4 Å². The maximum atomic E-state index is 8.94. The lowest BCUT2D eigenvalue weighted by molar-refractivity contribution is 0.184. The third-order valence-electron chi connectivity index (χ3n) is 3.49. The van der Waals surface area contributed by atoms with Crippen molar-refractivity contribution in [1.82, 2.24) is 10.2 Å². The smallest absolute Gasteiger partial charge is 0.0641 e. The third kappa shape index (κ3) is 4.14. The number of rotatable bonds is 6. The van der Waals surface area contributed by atoms with E-state index < -0.39 is 0 Å². The summed E-state index contributed by atoms with van der Waals surface area (Å²) in [7, 11) is 4.15. The van der Waals surface area contributed by atoms with Crippen molar-refractivity contribution >= 4 is 0 Å². The molecule has 0 radical (unpaired) electrons. The van der Waals surface area contributed by atoms with Crippen LogP contribution in [0.1, 0.15) is 31.9 Å². The van der Waals surface area contributed by atoms with Crippen molar-refractivity contribution in [3.8, 4) is 6.07 Å². The predicted octanol–water partition coefficient (Wildman–Crippen LogP) is 2.57. The number of nitrogens with one attached hydrogen (secondary N) is 1. The van der Waals surface area contributed by atoms with E-state index in [1.165, 1.54) is 5.56 Å². The fourth-order valence-electron chi connectivity index (χ4n) is 1.62. The van der Waals surface area contributed by atoms with Gasteiger partial charge in [0, 0.05) is 18.1 Å². The van der Waals surface area contributed by atoms with Crippen LogP contribution in [-0.4, -0.2) is 31.1 Å². The first-order valence-corrected chi connectivity index (χ1v) is 6.30. The van der Waals surface area contributed by atoms with Crippen LogP contribution >= 0.6 is 0 Å². The molecule has 0 aliphatic rings. The van der Waals surface area contributed by atoms with Gasteiger partial charge in [-0.05, 0) is 33.5 Å². The molecular weight excluding hydrogens is 222 g/mol. The lowest BCUT2D eigenvalue weighted by atomic mass is 10.0. The Morgan fingerprint density at radius 2 is 1.89 bits per heavy atom. The van der Waals surface area contributed by atoms with Gasteiger partial charge in [0.25, 0.3) is 0 Å². The maximum absolute atomic E-state index is 8.94. The second-order valence-electron chi connectivity index (χ2n) is 5.41. The van der Waals surface area contributed by atoms with Crippen LogP contribution in [0.15, 0.2) is 30.3 Å². The molecule has 3 nitrogen and oxygen atoms in total. The third-order valence-corrected chi connectivity index (χ3v) is 3.49. The van der Waals surface area contributed by atoms with E-state index in [0.29, 0.717) is 6.42 Å². The number of hydrogen-bond acceptors (Lipinski definition) is 3. The van der Waals surface area contributed by atoms with Gasteiger partial charge < -0.3 is 10.2 Å². The van der Waals surface area contributed by atoms with Crippen molar-refractivity contribution in [2.24, 2.45) is 0 Å². The van der Waals surface area contributed by atoms with Crippen molar-refractivity contribution in [3.05, 3.63) is 35.9 Å². The molecule has 0 bridgehead atoms. The molecule has 0 fully saturated rings. The molecule has 0 aromatic heterocycles. The first-order valence-electron chi connectivity index (χ1n) is 6.30. The van der Waals surface area contributed by atoms with E-state index in [0.717, 1.165) is 6.54 Å². The summed E-state index contributed by atoms with van der Waals surface area (Å²) in [5, 5.41) is 12.4. The number of hydrogen-bond donors (Lipinski definition) is 1. The van der Waals surface area contributed by atoms with Crippen LogP contribution in [0.2, 0.25) is 0 Å². The van der Waals surface area contributed by atoms with Gasteiger partial charge in [-0.25, -0.2) is 0 Å². The number of benzene rings is 1. The van der Waals surface area contributed by atoms with Crippen LogP contribution in [0, 0.1) is 11.3 Å². The maximum Gasteiger partial charge on any atom is 0.0641 e. The largest absolute Gasteiger partial charge is 0.307 e. The summed E-state index contributed by atoms with van der Waals surface area (Å²) in [6, 6.07) is 12.5. The molecule has 0 aliphatic carbocycles. The minimum Gasteiger partial charge on any atom is -0.307 e. The lowest BCUT2D eigenvalue weighted by Crippen LogP contribution is -2.47. The molecule has 3 heteroatoms.